The monoisotopic (exact) mass is 410 g/mol. The molecule has 3 saturated carbocycles. The van der Waals surface area contributed by atoms with Crippen molar-refractivity contribution in [2.24, 2.45) is 46.3 Å². The maximum atomic E-state index is 2.77. The van der Waals surface area contributed by atoms with E-state index in [0.29, 0.717) is 10.8 Å². The lowest BCUT2D eigenvalue weighted by Gasteiger charge is -2.58. The first-order valence-corrected chi connectivity index (χ1v) is 13.7. The minimum atomic E-state index is 0.548. The smallest absolute Gasteiger partial charge is 0.00851 e. The molecule has 4 aliphatic rings. The SMILES string of the molecule is C/C=C(/CCCC1CCC2C3CC=C4CC(CC)CCC4(C)C3CCC12C)C(C)C. The quantitative estimate of drug-likeness (QED) is 0.382. The third-order valence-electron chi connectivity index (χ3n) is 11.1. The Morgan fingerprint density at radius 2 is 1.90 bits per heavy atom. The van der Waals surface area contributed by atoms with Crippen LogP contribution in [0.4, 0.5) is 0 Å². The largest absolute Gasteiger partial charge is 0.0882 e. The van der Waals surface area contributed by atoms with E-state index in [9.17, 15) is 0 Å². The lowest BCUT2D eigenvalue weighted by Crippen LogP contribution is -2.50. The number of allylic oxidation sites excluding steroid dienone is 4. The van der Waals surface area contributed by atoms with Gasteiger partial charge in [-0.1, -0.05) is 64.3 Å². The summed E-state index contributed by atoms with van der Waals surface area (Å²) < 4.78 is 0. The molecule has 0 heteroatoms. The summed E-state index contributed by atoms with van der Waals surface area (Å²) in [5.41, 5.74) is 4.75. The van der Waals surface area contributed by atoms with Crippen molar-refractivity contribution in [3.63, 3.8) is 0 Å². The molecule has 0 N–H and O–H groups in total. The molecule has 3 fully saturated rings. The van der Waals surface area contributed by atoms with Crippen molar-refractivity contribution >= 4 is 0 Å². The molecule has 4 aliphatic carbocycles. The lowest BCUT2D eigenvalue weighted by atomic mass is 9.47. The first kappa shape index (κ1) is 22.7. The van der Waals surface area contributed by atoms with Crippen molar-refractivity contribution in [3.8, 4) is 0 Å². The van der Waals surface area contributed by atoms with Crippen molar-refractivity contribution in [1.29, 1.82) is 0 Å². The standard InChI is InChI=1S/C30H50/c1-7-22-16-18-30(6)25(20-22)12-14-26-27-15-13-24(29(27,5)19-17-28(26)30)11-9-10-23(8-2)21(3)4/h8,12,21-22,24,26-28H,7,9-11,13-20H2,1-6H3/b23-8-. The molecule has 4 rings (SSSR count). The molecule has 0 spiro atoms. The molecule has 0 aromatic carbocycles. The van der Waals surface area contributed by atoms with Gasteiger partial charge in [0.25, 0.3) is 0 Å². The van der Waals surface area contributed by atoms with Gasteiger partial charge in [0.1, 0.15) is 0 Å². The molecule has 0 bridgehead atoms. The van der Waals surface area contributed by atoms with Crippen LogP contribution in [0.15, 0.2) is 23.3 Å². The summed E-state index contributed by atoms with van der Waals surface area (Å²) in [5.74, 6) is 5.67. The Bertz CT molecular complexity index is 666. The normalized spacial score (nSPS) is 43.8. The minimum Gasteiger partial charge on any atom is -0.0882 e. The number of hydrogen-bond acceptors (Lipinski definition) is 0. The highest BCUT2D eigenvalue weighted by Gasteiger charge is 2.58. The van der Waals surface area contributed by atoms with Crippen molar-refractivity contribution < 1.29 is 0 Å². The predicted octanol–water partition coefficient (Wildman–Crippen LogP) is 9.36. The Labute approximate surface area is 188 Å². The van der Waals surface area contributed by atoms with Gasteiger partial charge < -0.3 is 0 Å². The maximum Gasteiger partial charge on any atom is -0.00851 e. The summed E-state index contributed by atoms with van der Waals surface area (Å²) in [6, 6.07) is 0. The molecule has 0 radical (unpaired) electrons. The van der Waals surface area contributed by atoms with Crippen LogP contribution in [-0.4, -0.2) is 0 Å². The van der Waals surface area contributed by atoms with Gasteiger partial charge in [-0.2, -0.15) is 0 Å². The fraction of sp³-hybridized carbons (Fsp3) is 0.867. The number of rotatable bonds is 6. The van der Waals surface area contributed by atoms with Crippen LogP contribution < -0.4 is 0 Å². The molecule has 0 aromatic rings. The second-order valence-corrected chi connectivity index (χ2v) is 12.5. The van der Waals surface area contributed by atoms with Gasteiger partial charge in [0.2, 0.25) is 0 Å². The Kier molecular flexibility index (Phi) is 6.64. The maximum absolute atomic E-state index is 2.77. The van der Waals surface area contributed by atoms with Crippen molar-refractivity contribution in [3.05, 3.63) is 23.3 Å². The van der Waals surface area contributed by atoms with Gasteiger partial charge in [0, 0.05) is 0 Å². The number of fused-ring (bicyclic) bond motifs is 5. The Hall–Kier alpha value is -0.520. The fourth-order valence-corrected chi connectivity index (χ4v) is 8.99. The van der Waals surface area contributed by atoms with Crippen LogP contribution in [0, 0.1) is 46.3 Å². The van der Waals surface area contributed by atoms with E-state index in [2.05, 4.69) is 53.7 Å². The van der Waals surface area contributed by atoms with Gasteiger partial charge in [0.05, 0.1) is 0 Å². The molecule has 0 saturated heterocycles. The Morgan fingerprint density at radius 3 is 2.60 bits per heavy atom. The highest BCUT2D eigenvalue weighted by atomic mass is 14.6. The molecule has 0 aliphatic heterocycles. The molecule has 0 aromatic heterocycles. The van der Waals surface area contributed by atoms with Crippen LogP contribution in [0.2, 0.25) is 0 Å². The van der Waals surface area contributed by atoms with E-state index in [1.54, 1.807) is 5.57 Å². The molecule has 7 atom stereocenters. The first-order valence-electron chi connectivity index (χ1n) is 13.7. The molecular weight excluding hydrogens is 360 g/mol. The van der Waals surface area contributed by atoms with E-state index in [-0.39, 0.29) is 0 Å². The van der Waals surface area contributed by atoms with E-state index in [0.717, 1.165) is 35.5 Å². The summed E-state index contributed by atoms with van der Waals surface area (Å²) >= 11 is 0. The Morgan fingerprint density at radius 1 is 1.10 bits per heavy atom. The average molecular weight is 411 g/mol. The van der Waals surface area contributed by atoms with Crippen LogP contribution in [0.1, 0.15) is 119 Å². The van der Waals surface area contributed by atoms with E-state index in [1.165, 1.54) is 77.0 Å². The molecule has 7 unspecified atom stereocenters. The van der Waals surface area contributed by atoms with E-state index in [1.807, 2.05) is 5.57 Å². The lowest BCUT2D eigenvalue weighted by molar-refractivity contribution is -0.0455. The predicted molar refractivity (Wildman–Crippen MR) is 131 cm³/mol. The zero-order valence-electron chi connectivity index (χ0n) is 21.1. The Balaban J connectivity index is 1.44. The summed E-state index contributed by atoms with van der Waals surface area (Å²) in [5, 5.41) is 0. The summed E-state index contributed by atoms with van der Waals surface area (Å²) in [6.07, 6.45) is 22.6. The second-order valence-electron chi connectivity index (χ2n) is 12.5. The summed E-state index contributed by atoms with van der Waals surface area (Å²) in [7, 11) is 0. The fourth-order valence-electron chi connectivity index (χ4n) is 8.99. The zero-order valence-corrected chi connectivity index (χ0v) is 21.1. The zero-order chi connectivity index (χ0) is 21.5. The van der Waals surface area contributed by atoms with Gasteiger partial charge in [-0.05, 0) is 124 Å². The second kappa shape index (κ2) is 8.78. The van der Waals surface area contributed by atoms with Gasteiger partial charge in [0.15, 0.2) is 0 Å². The third-order valence-corrected chi connectivity index (χ3v) is 11.1. The first-order chi connectivity index (χ1) is 14.3. The van der Waals surface area contributed by atoms with E-state index in [4.69, 9.17) is 0 Å². The van der Waals surface area contributed by atoms with Crippen LogP contribution >= 0.6 is 0 Å². The van der Waals surface area contributed by atoms with Crippen LogP contribution in [-0.2, 0) is 0 Å². The molecule has 170 valence electrons. The van der Waals surface area contributed by atoms with E-state index < -0.39 is 0 Å². The van der Waals surface area contributed by atoms with Crippen LogP contribution in [0.5, 0.6) is 0 Å². The molecule has 0 nitrogen and oxygen atoms in total. The topological polar surface area (TPSA) is 0 Å². The van der Waals surface area contributed by atoms with Crippen molar-refractivity contribution in [2.75, 3.05) is 0 Å². The summed E-state index contributed by atoms with van der Waals surface area (Å²) in [6.45, 7) is 14.8. The van der Waals surface area contributed by atoms with Gasteiger partial charge in [-0.25, -0.2) is 0 Å². The third kappa shape index (κ3) is 3.77. The molecule has 0 amide bonds. The molecule has 0 heterocycles. The molecule has 30 heavy (non-hydrogen) atoms. The van der Waals surface area contributed by atoms with Crippen LogP contribution in [0.3, 0.4) is 0 Å². The van der Waals surface area contributed by atoms with Gasteiger partial charge in [-0.3, -0.25) is 0 Å². The highest BCUT2D eigenvalue weighted by molar-refractivity contribution is 5.25. The highest BCUT2D eigenvalue weighted by Crippen LogP contribution is 2.67. The molecular formula is C30H50. The van der Waals surface area contributed by atoms with Crippen LogP contribution in [0.25, 0.3) is 0 Å². The van der Waals surface area contributed by atoms with E-state index >= 15 is 0 Å². The average Bonchev–Trinajstić information content (AvgIpc) is 3.06. The minimum absolute atomic E-state index is 0.548. The number of hydrogen-bond donors (Lipinski definition) is 0. The van der Waals surface area contributed by atoms with Crippen molar-refractivity contribution in [1.82, 2.24) is 0 Å². The van der Waals surface area contributed by atoms with Crippen molar-refractivity contribution in [2.45, 2.75) is 119 Å². The van der Waals surface area contributed by atoms with Gasteiger partial charge >= 0.3 is 0 Å². The summed E-state index contributed by atoms with van der Waals surface area (Å²) in [4.78, 5) is 0. The van der Waals surface area contributed by atoms with Gasteiger partial charge in [-0.15, -0.1) is 0 Å².